The van der Waals surface area contributed by atoms with Crippen LogP contribution in [0.4, 0.5) is 23.8 Å². The van der Waals surface area contributed by atoms with Crippen molar-refractivity contribution in [3.8, 4) is 32.8 Å². The highest BCUT2D eigenvalue weighted by atomic mass is 32.1. The van der Waals surface area contributed by atoms with Gasteiger partial charge in [-0.2, -0.15) is 18.3 Å². The van der Waals surface area contributed by atoms with E-state index in [1.165, 1.54) is 12.3 Å². The van der Waals surface area contributed by atoms with Crippen molar-refractivity contribution in [1.29, 1.82) is 0 Å². The summed E-state index contributed by atoms with van der Waals surface area (Å²) in [4.78, 5) is 24.2. The third-order valence-electron chi connectivity index (χ3n) is 4.60. The van der Waals surface area contributed by atoms with Crippen LogP contribution in [0.5, 0.6) is 0 Å². The number of nitrogens with one attached hydrogen (secondary N) is 2. The highest BCUT2D eigenvalue weighted by Gasteiger charge is 2.34. The summed E-state index contributed by atoms with van der Waals surface area (Å²) in [6.07, 6.45) is 3.70. The molecular weight excluding hydrogens is 455 g/mol. The summed E-state index contributed by atoms with van der Waals surface area (Å²) in [5.41, 5.74) is 2.19. The Morgan fingerprint density at radius 2 is 1.88 bits per heavy atom. The third kappa shape index (κ3) is 5.00. The number of carbonyl (C=O) groups is 1. The first-order valence-electron chi connectivity index (χ1n) is 9.77. The number of aromatic nitrogens is 5. The molecule has 12 heteroatoms. The van der Waals surface area contributed by atoms with Gasteiger partial charge in [0.1, 0.15) is 10.8 Å². The molecule has 4 aromatic rings. The molecule has 0 spiro atoms. The number of aryl methyl sites for hydroxylation is 1. The first-order valence-corrected chi connectivity index (χ1v) is 10.6. The number of thiazole rings is 1. The van der Waals surface area contributed by atoms with Crippen LogP contribution in [0.3, 0.4) is 0 Å². The number of nitrogens with zero attached hydrogens (tertiary/aromatic N) is 5. The molecule has 0 bridgehead atoms. The Labute approximate surface area is 190 Å². The first-order chi connectivity index (χ1) is 15.7. The molecule has 0 atom stereocenters. The van der Waals surface area contributed by atoms with Crippen molar-refractivity contribution in [3.63, 3.8) is 0 Å². The van der Waals surface area contributed by atoms with E-state index in [2.05, 4.69) is 30.7 Å². The largest absolute Gasteiger partial charge is 0.434 e. The number of rotatable bonds is 5. The minimum Gasteiger partial charge on any atom is -0.338 e. The number of halogens is 3. The van der Waals surface area contributed by atoms with Crippen molar-refractivity contribution >= 4 is 23.2 Å². The van der Waals surface area contributed by atoms with E-state index in [1.807, 2.05) is 12.3 Å². The SMILES string of the molecule is CCNC(=O)Nc1cc(-c2nc(C(F)(F)F)cs2)c(-c2cncc(-c3cnn(C)c3)c2)cn1. The number of pyridine rings is 2. The van der Waals surface area contributed by atoms with Crippen molar-refractivity contribution in [2.75, 3.05) is 11.9 Å². The predicted octanol–water partition coefficient (Wildman–Crippen LogP) is 4.83. The number of carbonyl (C=O) groups excluding carboxylic acids is 1. The zero-order chi connectivity index (χ0) is 23.6. The van der Waals surface area contributed by atoms with Gasteiger partial charge in [0.05, 0.1) is 6.20 Å². The van der Waals surface area contributed by atoms with Crippen LogP contribution in [0.15, 0.2) is 48.5 Å². The molecule has 0 unspecified atom stereocenters. The highest BCUT2D eigenvalue weighted by molar-refractivity contribution is 7.13. The molecule has 0 fully saturated rings. The molecule has 4 rings (SSSR count). The van der Waals surface area contributed by atoms with Crippen LogP contribution in [-0.4, -0.2) is 37.3 Å². The molecule has 2 amide bonds. The summed E-state index contributed by atoms with van der Waals surface area (Å²) >= 11 is 0.859. The lowest BCUT2D eigenvalue weighted by atomic mass is 10.0. The molecule has 0 saturated carbocycles. The highest BCUT2D eigenvalue weighted by Crippen LogP contribution is 2.38. The van der Waals surface area contributed by atoms with E-state index in [4.69, 9.17) is 0 Å². The molecule has 0 radical (unpaired) electrons. The summed E-state index contributed by atoms with van der Waals surface area (Å²) in [6.45, 7) is 2.17. The van der Waals surface area contributed by atoms with Crippen molar-refractivity contribution in [2.45, 2.75) is 13.1 Å². The van der Waals surface area contributed by atoms with Crippen LogP contribution < -0.4 is 10.6 Å². The van der Waals surface area contributed by atoms with E-state index in [0.717, 1.165) is 27.8 Å². The standard InChI is InChI=1S/C21H18F3N7OS/c1-3-26-20(32)30-18-5-15(19-29-17(11-33-19)21(22,23)24)16(9-27-18)13-4-12(6-25-7-13)14-8-28-31(2)10-14/h4-11H,3H2,1-2H3,(H2,26,27,30,32). The Morgan fingerprint density at radius 3 is 2.55 bits per heavy atom. The Hall–Kier alpha value is -3.80. The minimum absolute atomic E-state index is 0.144. The summed E-state index contributed by atoms with van der Waals surface area (Å²) in [5.74, 6) is 0.180. The quantitative estimate of drug-likeness (QED) is 0.433. The van der Waals surface area contributed by atoms with E-state index in [9.17, 15) is 18.0 Å². The summed E-state index contributed by atoms with van der Waals surface area (Å²) < 4.78 is 41.2. The van der Waals surface area contributed by atoms with Gasteiger partial charge in [0.25, 0.3) is 0 Å². The predicted molar refractivity (Wildman–Crippen MR) is 118 cm³/mol. The maximum absolute atomic E-state index is 13.2. The van der Waals surface area contributed by atoms with Crippen molar-refractivity contribution in [3.05, 3.63) is 54.2 Å². The lowest BCUT2D eigenvalue weighted by molar-refractivity contribution is -0.140. The Bertz CT molecular complexity index is 1300. The molecule has 33 heavy (non-hydrogen) atoms. The van der Waals surface area contributed by atoms with E-state index < -0.39 is 17.9 Å². The van der Waals surface area contributed by atoms with Crippen LogP contribution in [-0.2, 0) is 13.2 Å². The zero-order valence-electron chi connectivity index (χ0n) is 17.5. The van der Waals surface area contributed by atoms with Gasteiger partial charge < -0.3 is 5.32 Å². The summed E-state index contributed by atoms with van der Waals surface area (Å²) in [5, 5.41) is 10.4. The summed E-state index contributed by atoms with van der Waals surface area (Å²) in [7, 11) is 1.80. The van der Waals surface area contributed by atoms with Crippen LogP contribution in [0.25, 0.3) is 32.8 Å². The average molecular weight is 473 g/mol. The molecule has 0 aliphatic carbocycles. The zero-order valence-corrected chi connectivity index (χ0v) is 18.3. The normalized spacial score (nSPS) is 11.4. The third-order valence-corrected chi connectivity index (χ3v) is 5.47. The van der Waals surface area contributed by atoms with Gasteiger partial charge >= 0.3 is 12.2 Å². The van der Waals surface area contributed by atoms with Crippen LogP contribution >= 0.6 is 11.3 Å². The number of urea groups is 1. The van der Waals surface area contributed by atoms with Gasteiger partial charge in [-0.25, -0.2) is 14.8 Å². The number of alkyl halides is 3. The van der Waals surface area contributed by atoms with Crippen LogP contribution in [0, 0.1) is 0 Å². The second-order valence-electron chi connectivity index (χ2n) is 7.00. The van der Waals surface area contributed by atoms with Crippen molar-refractivity contribution in [1.82, 2.24) is 30.0 Å². The van der Waals surface area contributed by atoms with Crippen molar-refractivity contribution in [2.24, 2.45) is 7.05 Å². The Balaban J connectivity index is 1.80. The maximum Gasteiger partial charge on any atom is 0.434 e. The Kier molecular flexibility index (Phi) is 6.09. The summed E-state index contributed by atoms with van der Waals surface area (Å²) in [6, 6.07) is 2.87. The monoisotopic (exact) mass is 473 g/mol. The molecule has 0 aliphatic heterocycles. The minimum atomic E-state index is -4.56. The number of amides is 2. The van der Waals surface area contributed by atoms with Gasteiger partial charge in [-0.1, -0.05) is 0 Å². The van der Waals surface area contributed by atoms with Gasteiger partial charge in [-0.3, -0.25) is 15.0 Å². The van der Waals surface area contributed by atoms with E-state index in [1.54, 1.807) is 37.2 Å². The molecule has 0 aliphatic rings. The van der Waals surface area contributed by atoms with Crippen LogP contribution in [0.1, 0.15) is 12.6 Å². The Morgan fingerprint density at radius 1 is 1.09 bits per heavy atom. The van der Waals surface area contributed by atoms with E-state index >= 15 is 0 Å². The van der Waals surface area contributed by atoms with Gasteiger partial charge in [0.2, 0.25) is 0 Å². The van der Waals surface area contributed by atoms with Gasteiger partial charge in [0.15, 0.2) is 5.69 Å². The second kappa shape index (κ2) is 8.98. The van der Waals surface area contributed by atoms with Crippen molar-refractivity contribution < 1.29 is 18.0 Å². The first kappa shape index (κ1) is 22.4. The van der Waals surface area contributed by atoms with Crippen LogP contribution in [0.2, 0.25) is 0 Å². The fourth-order valence-corrected chi connectivity index (χ4v) is 3.95. The van der Waals surface area contributed by atoms with E-state index in [0.29, 0.717) is 23.2 Å². The van der Waals surface area contributed by atoms with Gasteiger partial charge in [0, 0.05) is 71.6 Å². The number of hydrogen-bond donors (Lipinski definition) is 2. The van der Waals surface area contributed by atoms with Gasteiger partial charge in [-0.05, 0) is 19.1 Å². The molecular formula is C21H18F3N7OS. The lowest BCUT2D eigenvalue weighted by Gasteiger charge is -2.12. The number of hydrogen-bond acceptors (Lipinski definition) is 6. The molecule has 4 heterocycles. The molecule has 4 aromatic heterocycles. The average Bonchev–Trinajstić information content (AvgIpc) is 3.43. The fourth-order valence-electron chi connectivity index (χ4n) is 3.09. The molecule has 0 aromatic carbocycles. The topological polar surface area (TPSA) is 97.6 Å². The molecule has 170 valence electrons. The number of anilines is 1. The smallest absolute Gasteiger partial charge is 0.338 e. The van der Waals surface area contributed by atoms with Gasteiger partial charge in [-0.15, -0.1) is 11.3 Å². The molecule has 8 nitrogen and oxygen atoms in total. The lowest BCUT2D eigenvalue weighted by Crippen LogP contribution is -2.28. The second-order valence-corrected chi connectivity index (χ2v) is 7.86. The molecule has 2 N–H and O–H groups in total. The maximum atomic E-state index is 13.2. The fraction of sp³-hybridized carbons (Fsp3) is 0.190. The molecule has 0 saturated heterocycles. The van der Waals surface area contributed by atoms with E-state index in [-0.39, 0.29) is 10.8 Å².